The largest absolute Gasteiger partial charge is 0.483 e. The van der Waals surface area contributed by atoms with Crippen molar-refractivity contribution in [3.63, 3.8) is 0 Å². The lowest BCUT2D eigenvalue weighted by Gasteiger charge is -2.25. The van der Waals surface area contributed by atoms with Gasteiger partial charge in [0.15, 0.2) is 0 Å². The number of aliphatic hydroxyl groups is 1. The third-order valence-electron chi connectivity index (χ3n) is 3.41. The third-order valence-corrected chi connectivity index (χ3v) is 3.41. The van der Waals surface area contributed by atoms with Crippen molar-refractivity contribution >= 4 is 5.97 Å². The van der Waals surface area contributed by atoms with Crippen LogP contribution in [0.2, 0.25) is 0 Å². The summed E-state index contributed by atoms with van der Waals surface area (Å²) in [5.74, 6) is 0.111. The van der Waals surface area contributed by atoms with E-state index in [1.165, 1.54) is 7.11 Å². The molecule has 0 saturated carbocycles. The normalized spacial score (nSPS) is 13.0. The topological polar surface area (TPSA) is 55.8 Å². The highest BCUT2D eigenvalue weighted by Gasteiger charge is 2.25. The molecule has 2 rings (SSSR count). The number of methoxy groups -OCH3 is 1. The van der Waals surface area contributed by atoms with Crippen LogP contribution < -0.4 is 4.74 Å². The van der Waals surface area contributed by atoms with Crippen LogP contribution in [0.5, 0.6) is 5.75 Å². The minimum atomic E-state index is -0.927. The van der Waals surface area contributed by atoms with Gasteiger partial charge in [-0.3, -0.25) is 0 Å². The summed E-state index contributed by atoms with van der Waals surface area (Å²) < 4.78 is 10.6. The molecule has 4 nitrogen and oxygen atoms in total. The molecule has 2 unspecified atom stereocenters. The number of para-hydroxylation sites is 1. The minimum absolute atomic E-state index is 0.0685. The summed E-state index contributed by atoms with van der Waals surface area (Å²) in [4.78, 5) is 11.5. The number of carbonyl (C=O) groups excluding carboxylic acids is 1. The molecule has 120 valence electrons. The van der Waals surface area contributed by atoms with Gasteiger partial charge in [0.25, 0.3) is 0 Å². The second-order valence-electron chi connectivity index (χ2n) is 5.13. The van der Waals surface area contributed by atoms with E-state index < -0.39 is 18.2 Å². The first kappa shape index (κ1) is 16.8. The predicted molar refractivity (Wildman–Crippen MR) is 88.0 cm³/mol. The number of carbonyl (C=O) groups is 1. The maximum absolute atomic E-state index is 11.5. The standard InChI is InChI=1S/C19H20O4/c1-14(19(21)22-2)13-17(20)18(15-9-5-3-6-10-15)23-16-11-7-4-8-12-16/h3-12,17-18,20H,1,13H2,2H3. The van der Waals surface area contributed by atoms with Crippen molar-refractivity contribution in [1.82, 2.24) is 0 Å². The smallest absolute Gasteiger partial charge is 0.333 e. The average Bonchev–Trinajstić information content (AvgIpc) is 2.60. The van der Waals surface area contributed by atoms with Gasteiger partial charge >= 0.3 is 5.97 Å². The van der Waals surface area contributed by atoms with Gasteiger partial charge < -0.3 is 14.6 Å². The van der Waals surface area contributed by atoms with Crippen LogP contribution in [0, 0.1) is 0 Å². The second-order valence-corrected chi connectivity index (χ2v) is 5.13. The summed E-state index contributed by atoms with van der Waals surface area (Å²) in [7, 11) is 1.29. The molecule has 0 spiro atoms. The van der Waals surface area contributed by atoms with Gasteiger partial charge in [-0.2, -0.15) is 0 Å². The Morgan fingerprint density at radius 2 is 1.65 bits per heavy atom. The Kier molecular flexibility index (Phi) is 5.94. The number of ether oxygens (including phenoxy) is 2. The van der Waals surface area contributed by atoms with Gasteiger partial charge in [-0.25, -0.2) is 4.79 Å². The Hall–Kier alpha value is -2.59. The van der Waals surface area contributed by atoms with Crippen LogP contribution in [0.3, 0.4) is 0 Å². The van der Waals surface area contributed by atoms with Crippen molar-refractivity contribution in [1.29, 1.82) is 0 Å². The van der Waals surface area contributed by atoms with Crippen LogP contribution in [0.1, 0.15) is 18.1 Å². The number of benzene rings is 2. The van der Waals surface area contributed by atoms with E-state index in [1.807, 2.05) is 60.7 Å². The van der Waals surface area contributed by atoms with Crippen molar-refractivity contribution in [2.45, 2.75) is 18.6 Å². The zero-order chi connectivity index (χ0) is 16.7. The highest BCUT2D eigenvalue weighted by atomic mass is 16.5. The molecule has 0 amide bonds. The molecule has 1 N–H and O–H groups in total. The van der Waals surface area contributed by atoms with Crippen molar-refractivity contribution in [3.8, 4) is 5.75 Å². The molecule has 0 bridgehead atoms. The molecule has 0 aliphatic carbocycles. The fourth-order valence-electron chi connectivity index (χ4n) is 2.24. The van der Waals surface area contributed by atoms with Crippen molar-refractivity contribution < 1.29 is 19.4 Å². The molecule has 2 aromatic carbocycles. The van der Waals surface area contributed by atoms with E-state index in [2.05, 4.69) is 11.3 Å². The van der Waals surface area contributed by atoms with Crippen molar-refractivity contribution in [2.24, 2.45) is 0 Å². The van der Waals surface area contributed by atoms with Gasteiger partial charge in [0.2, 0.25) is 0 Å². The van der Waals surface area contributed by atoms with E-state index in [1.54, 1.807) is 0 Å². The predicted octanol–water partition coefficient (Wildman–Crippen LogP) is 3.29. The van der Waals surface area contributed by atoms with Gasteiger partial charge in [-0.15, -0.1) is 0 Å². The summed E-state index contributed by atoms with van der Waals surface area (Å²) in [5, 5.41) is 10.5. The minimum Gasteiger partial charge on any atom is -0.483 e. The molecule has 2 atom stereocenters. The second kappa shape index (κ2) is 8.15. The molecule has 0 aromatic heterocycles. The molecule has 4 heteroatoms. The zero-order valence-corrected chi connectivity index (χ0v) is 13.0. The van der Waals surface area contributed by atoms with Crippen LogP contribution >= 0.6 is 0 Å². The van der Waals surface area contributed by atoms with Crippen molar-refractivity contribution in [2.75, 3.05) is 7.11 Å². The summed E-state index contributed by atoms with van der Waals surface area (Å²) in [5.41, 5.74) is 1.03. The average molecular weight is 312 g/mol. The number of hydrogen-bond donors (Lipinski definition) is 1. The molecule has 23 heavy (non-hydrogen) atoms. The summed E-state index contributed by atoms with van der Waals surface area (Å²) in [6.45, 7) is 3.66. The van der Waals surface area contributed by atoms with Crippen LogP contribution in [0.15, 0.2) is 72.8 Å². The van der Waals surface area contributed by atoms with E-state index in [9.17, 15) is 9.90 Å². The van der Waals surface area contributed by atoms with Crippen LogP contribution in [0.4, 0.5) is 0 Å². The Bertz CT molecular complexity index is 637. The molecule has 2 aromatic rings. The Morgan fingerprint density at radius 1 is 1.09 bits per heavy atom. The first-order chi connectivity index (χ1) is 11.1. The highest BCUT2D eigenvalue weighted by molar-refractivity contribution is 5.87. The lowest BCUT2D eigenvalue weighted by molar-refractivity contribution is -0.136. The summed E-state index contributed by atoms with van der Waals surface area (Å²) >= 11 is 0. The molecule has 0 saturated heterocycles. The lowest BCUT2D eigenvalue weighted by atomic mass is 9.99. The first-order valence-corrected chi connectivity index (χ1v) is 7.32. The molecule has 0 fully saturated rings. The summed E-state index contributed by atoms with van der Waals surface area (Å²) in [6, 6.07) is 18.6. The quantitative estimate of drug-likeness (QED) is 0.629. The van der Waals surface area contributed by atoms with Gasteiger partial charge in [-0.1, -0.05) is 55.1 Å². The Labute approximate surface area is 136 Å². The van der Waals surface area contributed by atoms with E-state index in [0.29, 0.717) is 5.75 Å². The van der Waals surface area contributed by atoms with Crippen molar-refractivity contribution in [3.05, 3.63) is 78.4 Å². The number of esters is 1. The SMILES string of the molecule is C=C(CC(O)C(Oc1ccccc1)c1ccccc1)C(=O)OC. The monoisotopic (exact) mass is 312 g/mol. The van der Waals surface area contributed by atoms with E-state index >= 15 is 0 Å². The van der Waals surface area contributed by atoms with Crippen LogP contribution in [-0.4, -0.2) is 24.3 Å². The third kappa shape index (κ3) is 4.69. The molecule has 0 heterocycles. The zero-order valence-electron chi connectivity index (χ0n) is 13.0. The number of aliphatic hydroxyl groups excluding tert-OH is 1. The van der Waals surface area contributed by atoms with Crippen LogP contribution in [-0.2, 0) is 9.53 Å². The first-order valence-electron chi connectivity index (χ1n) is 7.32. The Morgan fingerprint density at radius 3 is 2.22 bits per heavy atom. The maximum atomic E-state index is 11.5. The molecule has 0 radical (unpaired) electrons. The number of rotatable bonds is 7. The van der Waals surface area contributed by atoms with E-state index in [4.69, 9.17) is 4.74 Å². The Balaban J connectivity index is 2.19. The van der Waals surface area contributed by atoms with Gasteiger partial charge in [-0.05, 0) is 17.7 Å². The number of hydrogen-bond acceptors (Lipinski definition) is 4. The molecular weight excluding hydrogens is 292 g/mol. The van der Waals surface area contributed by atoms with E-state index in [0.717, 1.165) is 5.56 Å². The maximum Gasteiger partial charge on any atom is 0.333 e. The fraction of sp³-hybridized carbons (Fsp3) is 0.211. The van der Waals surface area contributed by atoms with Crippen LogP contribution in [0.25, 0.3) is 0 Å². The molecular formula is C19H20O4. The summed E-state index contributed by atoms with van der Waals surface area (Å²) in [6.07, 6.45) is -1.47. The van der Waals surface area contributed by atoms with Gasteiger partial charge in [0.1, 0.15) is 11.9 Å². The molecule has 0 aliphatic heterocycles. The van der Waals surface area contributed by atoms with Gasteiger partial charge in [0, 0.05) is 12.0 Å². The molecule has 0 aliphatic rings. The lowest BCUT2D eigenvalue weighted by Crippen LogP contribution is -2.25. The fourth-order valence-corrected chi connectivity index (χ4v) is 2.24. The highest BCUT2D eigenvalue weighted by Crippen LogP contribution is 2.27. The van der Waals surface area contributed by atoms with E-state index in [-0.39, 0.29) is 12.0 Å². The van der Waals surface area contributed by atoms with Gasteiger partial charge in [0.05, 0.1) is 13.2 Å².